The van der Waals surface area contributed by atoms with Crippen LogP contribution in [0.25, 0.3) is 144 Å². The van der Waals surface area contributed by atoms with Gasteiger partial charge in [-0.3, -0.25) is 0 Å². The fraction of sp³-hybridized carbons (Fsp3) is 0. The van der Waals surface area contributed by atoms with Crippen molar-refractivity contribution < 1.29 is 0 Å². The maximum Gasteiger partial charge on any atom is 0.164 e. The van der Waals surface area contributed by atoms with Crippen LogP contribution >= 0.6 is 0 Å². The molecule has 354 valence electrons. The highest BCUT2D eigenvalue weighted by molar-refractivity contribution is 6.28. The van der Waals surface area contributed by atoms with E-state index in [4.69, 9.17) is 15.0 Å². The highest BCUT2D eigenvalue weighted by atomic mass is 15.1. The molecule has 16 aromatic rings. The summed E-state index contributed by atoms with van der Waals surface area (Å²) in [4.78, 5) is 15.3. The molecule has 0 fully saturated rings. The molecule has 7 heteroatoms. The number of rotatable bonds is 7. The van der Waals surface area contributed by atoms with Gasteiger partial charge < -0.3 is 18.3 Å². The van der Waals surface area contributed by atoms with Gasteiger partial charge in [0.1, 0.15) is 0 Å². The summed E-state index contributed by atoms with van der Waals surface area (Å²) in [6.07, 6.45) is 0. The molecule has 11 aromatic carbocycles. The first-order valence-electron chi connectivity index (χ1n) is 25.8. The van der Waals surface area contributed by atoms with Gasteiger partial charge in [0.15, 0.2) is 17.5 Å². The van der Waals surface area contributed by atoms with Crippen molar-refractivity contribution in [2.24, 2.45) is 0 Å². The summed E-state index contributed by atoms with van der Waals surface area (Å²) >= 11 is 0. The van der Waals surface area contributed by atoms with Crippen LogP contribution < -0.4 is 0 Å². The second-order valence-corrected chi connectivity index (χ2v) is 19.6. The molecule has 0 unspecified atom stereocenters. The number of fused-ring (bicyclic) bond motifs is 14. The summed E-state index contributed by atoms with van der Waals surface area (Å²) in [5, 5.41) is 9.49. The molecular weight excluding hydrogens is 927 g/mol. The summed E-state index contributed by atoms with van der Waals surface area (Å²) in [6, 6.07) is 93.4. The Hall–Kier alpha value is -10.4. The molecule has 0 bridgehead atoms. The number of para-hydroxylation sites is 5. The van der Waals surface area contributed by atoms with Crippen LogP contribution in [0.3, 0.4) is 0 Å². The van der Waals surface area contributed by atoms with Gasteiger partial charge in [0.25, 0.3) is 0 Å². The fourth-order valence-electron chi connectivity index (χ4n) is 12.1. The van der Waals surface area contributed by atoms with Crippen molar-refractivity contribution in [1.29, 1.82) is 0 Å². The number of nitrogens with zero attached hydrogens (tertiary/aromatic N) is 7. The fourth-order valence-corrected chi connectivity index (χ4v) is 12.1. The highest BCUT2D eigenvalue weighted by Gasteiger charge is 2.25. The molecule has 0 radical (unpaired) electrons. The van der Waals surface area contributed by atoms with Gasteiger partial charge in [-0.25, -0.2) is 15.0 Å². The second kappa shape index (κ2) is 16.6. The van der Waals surface area contributed by atoms with E-state index in [9.17, 15) is 0 Å². The number of hydrogen-bond acceptors (Lipinski definition) is 3. The summed E-state index contributed by atoms with van der Waals surface area (Å²) in [5.41, 5.74) is 16.4. The van der Waals surface area contributed by atoms with Gasteiger partial charge in [-0.2, -0.15) is 0 Å². The van der Waals surface area contributed by atoms with Gasteiger partial charge in [-0.15, -0.1) is 0 Å². The third-order valence-corrected chi connectivity index (χ3v) is 15.4. The molecule has 76 heavy (non-hydrogen) atoms. The van der Waals surface area contributed by atoms with Gasteiger partial charge in [0.2, 0.25) is 0 Å². The van der Waals surface area contributed by atoms with E-state index in [2.05, 4.69) is 243 Å². The van der Waals surface area contributed by atoms with Crippen LogP contribution in [0.5, 0.6) is 0 Å². The van der Waals surface area contributed by atoms with Crippen molar-refractivity contribution in [3.05, 3.63) is 261 Å². The van der Waals surface area contributed by atoms with Crippen molar-refractivity contribution >= 4 is 87.2 Å². The Morgan fingerprint density at radius 2 is 0.592 bits per heavy atom. The van der Waals surface area contributed by atoms with Crippen molar-refractivity contribution in [2.75, 3.05) is 0 Å². The van der Waals surface area contributed by atoms with Gasteiger partial charge in [-0.1, -0.05) is 164 Å². The van der Waals surface area contributed by atoms with E-state index >= 15 is 0 Å². The Morgan fingerprint density at radius 3 is 1.16 bits per heavy atom. The molecular formula is C69H43N7. The highest BCUT2D eigenvalue weighted by Crippen LogP contribution is 2.46. The second-order valence-electron chi connectivity index (χ2n) is 19.6. The lowest BCUT2D eigenvalue weighted by Gasteiger charge is -2.11. The van der Waals surface area contributed by atoms with Crippen molar-refractivity contribution in [2.45, 2.75) is 0 Å². The Morgan fingerprint density at radius 1 is 0.211 bits per heavy atom. The maximum absolute atomic E-state index is 5.15. The normalized spacial score (nSPS) is 11.9. The molecule has 7 nitrogen and oxygen atoms in total. The van der Waals surface area contributed by atoms with Gasteiger partial charge in [0, 0.05) is 82.5 Å². The van der Waals surface area contributed by atoms with Gasteiger partial charge in [0.05, 0.1) is 44.1 Å². The summed E-state index contributed by atoms with van der Waals surface area (Å²) < 4.78 is 9.82. The van der Waals surface area contributed by atoms with E-state index in [1.165, 1.54) is 43.4 Å². The first kappa shape index (κ1) is 42.2. The molecule has 0 spiro atoms. The lowest BCUT2D eigenvalue weighted by atomic mass is 10.1. The molecule has 16 rings (SSSR count). The van der Waals surface area contributed by atoms with E-state index < -0.39 is 0 Å². The predicted octanol–water partition coefficient (Wildman–Crippen LogP) is 17.3. The van der Waals surface area contributed by atoms with E-state index in [0.29, 0.717) is 17.5 Å². The summed E-state index contributed by atoms with van der Waals surface area (Å²) in [5.74, 6) is 1.89. The molecule has 0 aliphatic heterocycles. The molecule has 5 aromatic heterocycles. The Kier molecular flexibility index (Phi) is 9.20. The minimum Gasteiger partial charge on any atom is -0.309 e. The molecule has 0 saturated carbocycles. The average molecular weight is 970 g/mol. The lowest BCUT2D eigenvalue weighted by Crippen LogP contribution is -2.00. The Bertz CT molecular complexity index is 4900. The maximum atomic E-state index is 5.15. The van der Waals surface area contributed by atoms with E-state index in [0.717, 1.165) is 83.3 Å². The Balaban J connectivity index is 0.976. The number of hydrogen-bond donors (Lipinski definition) is 0. The van der Waals surface area contributed by atoms with Crippen LogP contribution in [-0.2, 0) is 0 Å². The van der Waals surface area contributed by atoms with Crippen molar-refractivity contribution in [1.82, 2.24) is 33.2 Å². The minimum atomic E-state index is 0.623. The Labute approximate surface area is 436 Å². The number of benzene rings is 11. The average Bonchev–Trinajstić information content (AvgIpc) is 4.32. The standard InChI is InChI=1S/C69H43N7/c1-6-20-44(21-7-1)67-70-68(45-22-8-2-9-23-45)72-69(71-67)46-34-38-59-55(42-46)53-37-41-61-63(66(53)76(59)49-28-14-5-15-29-49)54-31-17-19-33-58(54)74(61)50-35-39-60-56(43-50)64-62(73(60)47-24-10-3-11-25-47)40-36-52-51-30-16-18-32-57(51)75(65(52)64)48-26-12-4-13-27-48/h1-43H. The first-order chi connectivity index (χ1) is 37.7. The molecule has 0 aliphatic rings. The van der Waals surface area contributed by atoms with Crippen molar-refractivity contribution in [3.8, 4) is 56.9 Å². The number of aromatic nitrogens is 7. The van der Waals surface area contributed by atoms with E-state index in [1.807, 2.05) is 36.4 Å². The SMILES string of the molecule is c1ccc(-c2nc(-c3ccccc3)nc(-c3ccc4c(c3)c3ccc5c(c6ccccc6n5-c5ccc6c(c5)c5c(ccc7c8ccccc8n(-c8ccccc8)c75)n6-c5ccccc5)c3n4-c3ccccc3)n2)cc1. The zero-order valence-corrected chi connectivity index (χ0v) is 41.0. The van der Waals surface area contributed by atoms with Crippen molar-refractivity contribution in [3.63, 3.8) is 0 Å². The van der Waals surface area contributed by atoms with Gasteiger partial charge >= 0.3 is 0 Å². The van der Waals surface area contributed by atoms with Gasteiger partial charge in [-0.05, 0) is 97.1 Å². The predicted molar refractivity (Wildman–Crippen MR) is 313 cm³/mol. The van der Waals surface area contributed by atoms with Crippen LogP contribution in [0, 0.1) is 0 Å². The molecule has 5 heterocycles. The minimum absolute atomic E-state index is 0.623. The lowest BCUT2D eigenvalue weighted by molar-refractivity contribution is 1.07. The molecule has 0 aliphatic carbocycles. The van der Waals surface area contributed by atoms with Crippen LogP contribution in [0.15, 0.2) is 261 Å². The molecule has 0 amide bonds. The van der Waals surface area contributed by atoms with E-state index in [-0.39, 0.29) is 0 Å². The zero-order chi connectivity index (χ0) is 49.8. The smallest absolute Gasteiger partial charge is 0.164 e. The summed E-state index contributed by atoms with van der Waals surface area (Å²) in [6.45, 7) is 0. The van der Waals surface area contributed by atoms with Crippen LogP contribution in [0.1, 0.15) is 0 Å². The summed E-state index contributed by atoms with van der Waals surface area (Å²) in [7, 11) is 0. The molecule has 0 N–H and O–H groups in total. The quantitative estimate of drug-likeness (QED) is 0.160. The third kappa shape index (κ3) is 6.26. The topological polar surface area (TPSA) is 58.4 Å². The van der Waals surface area contributed by atoms with Crippen LogP contribution in [0.4, 0.5) is 0 Å². The zero-order valence-electron chi connectivity index (χ0n) is 41.0. The third-order valence-electron chi connectivity index (χ3n) is 15.4. The van der Waals surface area contributed by atoms with Crippen LogP contribution in [0.2, 0.25) is 0 Å². The van der Waals surface area contributed by atoms with Crippen LogP contribution in [-0.4, -0.2) is 33.2 Å². The van der Waals surface area contributed by atoms with E-state index in [1.54, 1.807) is 0 Å². The first-order valence-corrected chi connectivity index (χ1v) is 25.8. The largest absolute Gasteiger partial charge is 0.309 e. The molecule has 0 atom stereocenters. The molecule has 0 saturated heterocycles. The monoisotopic (exact) mass is 969 g/mol.